The lowest BCUT2D eigenvalue weighted by Gasteiger charge is -2.17. The maximum Gasteiger partial charge on any atom is 0.335 e. The van der Waals surface area contributed by atoms with Gasteiger partial charge in [0.05, 0.1) is 12.7 Å². The van der Waals surface area contributed by atoms with Gasteiger partial charge < -0.3 is 9.84 Å². The molecule has 0 aliphatic rings. The van der Waals surface area contributed by atoms with Crippen LogP contribution < -0.4 is 9.46 Å². The van der Waals surface area contributed by atoms with Gasteiger partial charge in [0.25, 0.3) is 10.0 Å². The van der Waals surface area contributed by atoms with Crippen molar-refractivity contribution in [2.24, 2.45) is 0 Å². The number of rotatable bonds is 6. The molecule has 0 aromatic heterocycles. The van der Waals surface area contributed by atoms with E-state index < -0.39 is 16.0 Å². The van der Waals surface area contributed by atoms with Gasteiger partial charge in [0.2, 0.25) is 0 Å². The van der Waals surface area contributed by atoms with E-state index in [9.17, 15) is 13.2 Å². The smallest absolute Gasteiger partial charge is 0.335 e. The molecule has 2 N–H and O–H groups in total. The van der Waals surface area contributed by atoms with Gasteiger partial charge >= 0.3 is 5.97 Å². The molecule has 0 aliphatic carbocycles. The summed E-state index contributed by atoms with van der Waals surface area (Å²) in [7, 11) is -2.46. The first-order chi connectivity index (χ1) is 11.7. The summed E-state index contributed by atoms with van der Waals surface area (Å²) in [5.41, 5.74) is 2.23. The summed E-state index contributed by atoms with van der Waals surface area (Å²) >= 11 is 0. The second-order valence-electron chi connectivity index (χ2n) is 6.00. The fraction of sp³-hybridized carbons (Fsp3) is 0.278. The number of aromatic carboxylic acids is 1. The molecule has 0 amide bonds. The van der Waals surface area contributed by atoms with E-state index in [0.717, 1.165) is 11.1 Å². The third-order valence-corrected chi connectivity index (χ3v) is 5.25. The van der Waals surface area contributed by atoms with E-state index in [4.69, 9.17) is 9.84 Å². The summed E-state index contributed by atoms with van der Waals surface area (Å²) in [6, 6.07) is 8.82. The molecule has 0 heterocycles. The number of hydrogen-bond acceptors (Lipinski definition) is 4. The zero-order chi connectivity index (χ0) is 18.8. The van der Waals surface area contributed by atoms with Crippen LogP contribution >= 0.6 is 0 Å². The first kappa shape index (κ1) is 18.8. The number of hydrogen-bond donors (Lipinski definition) is 2. The third kappa shape index (κ3) is 4.11. The summed E-state index contributed by atoms with van der Waals surface area (Å²) in [5.74, 6) is -0.651. The number of carboxylic acids is 1. The Morgan fingerprint density at radius 2 is 1.76 bits per heavy atom. The van der Waals surface area contributed by atoms with Crippen LogP contribution in [0.5, 0.6) is 5.75 Å². The number of carbonyl (C=O) groups is 1. The maximum absolute atomic E-state index is 12.8. The molecule has 2 aromatic rings. The topological polar surface area (TPSA) is 92.7 Å². The average molecular weight is 363 g/mol. The molecule has 0 spiro atoms. The molecular weight excluding hydrogens is 342 g/mol. The molecule has 0 atom stereocenters. The number of ether oxygens (including phenoxy) is 1. The molecule has 0 saturated carbocycles. The van der Waals surface area contributed by atoms with E-state index in [-0.39, 0.29) is 27.8 Å². The van der Waals surface area contributed by atoms with E-state index in [1.165, 1.54) is 31.4 Å². The minimum atomic E-state index is -3.88. The third-order valence-electron chi connectivity index (χ3n) is 3.85. The van der Waals surface area contributed by atoms with Gasteiger partial charge in [-0.1, -0.05) is 13.8 Å². The van der Waals surface area contributed by atoms with Crippen molar-refractivity contribution < 1.29 is 23.1 Å². The number of aryl methyl sites for hydroxylation is 1. The zero-order valence-electron chi connectivity index (χ0n) is 14.5. The van der Waals surface area contributed by atoms with Gasteiger partial charge in [-0.3, -0.25) is 4.72 Å². The van der Waals surface area contributed by atoms with Crippen LogP contribution in [0.4, 0.5) is 5.69 Å². The highest BCUT2D eigenvalue weighted by Crippen LogP contribution is 2.32. The number of sulfonamides is 1. The average Bonchev–Trinajstić information content (AvgIpc) is 2.54. The molecule has 6 nitrogen and oxygen atoms in total. The molecule has 134 valence electrons. The first-order valence-electron chi connectivity index (χ1n) is 7.70. The van der Waals surface area contributed by atoms with Crippen LogP contribution in [0.1, 0.15) is 41.3 Å². The van der Waals surface area contributed by atoms with Crippen molar-refractivity contribution >= 4 is 21.7 Å². The van der Waals surface area contributed by atoms with Crippen molar-refractivity contribution in [1.29, 1.82) is 0 Å². The van der Waals surface area contributed by atoms with Gasteiger partial charge in [0, 0.05) is 5.69 Å². The predicted molar refractivity (Wildman–Crippen MR) is 96.0 cm³/mol. The van der Waals surface area contributed by atoms with Crippen molar-refractivity contribution in [2.45, 2.75) is 31.6 Å². The highest BCUT2D eigenvalue weighted by atomic mass is 32.2. The zero-order valence-corrected chi connectivity index (χ0v) is 15.3. The lowest BCUT2D eigenvalue weighted by Crippen LogP contribution is -2.15. The van der Waals surface area contributed by atoms with Gasteiger partial charge in [0.15, 0.2) is 0 Å². The second kappa shape index (κ2) is 7.14. The summed E-state index contributed by atoms with van der Waals surface area (Å²) in [6.45, 7) is 5.89. The monoisotopic (exact) mass is 363 g/mol. The van der Waals surface area contributed by atoms with Crippen molar-refractivity contribution in [3.8, 4) is 5.75 Å². The van der Waals surface area contributed by atoms with Crippen molar-refractivity contribution in [3.05, 3.63) is 53.1 Å². The Morgan fingerprint density at radius 3 is 2.24 bits per heavy atom. The van der Waals surface area contributed by atoms with E-state index in [1.54, 1.807) is 12.1 Å². The predicted octanol–water partition coefficient (Wildman–Crippen LogP) is 3.63. The summed E-state index contributed by atoms with van der Waals surface area (Å²) in [6.07, 6.45) is 0. The molecule has 0 aliphatic heterocycles. The van der Waals surface area contributed by atoms with Gasteiger partial charge in [0.1, 0.15) is 10.6 Å². The minimum Gasteiger partial charge on any atom is -0.495 e. The number of methoxy groups -OCH3 is 1. The van der Waals surface area contributed by atoms with Gasteiger partial charge in [-0.05, 0) is 60.4 Å². The Kier molecular flexibility index (Phi) is 5.37. The quantitative estimate of drug-likeness (QED) is 0.817. The van der Waals surface area contributed by atoms with Crippen LogP contribution in [0.25, 0.3) is 0 Å². The Labute approximate surface area is 147 Å². The molecule has 0 radical (unpaired) electrons. The first-order valence-corrected chi connectivity index (χ1v) is 9.18. The molecular formula is C18H21NO5S. The molecule has 2 rings (SSSR count). The Bertz CT molecular complexity index is 886. The minimum absolute atomic E-state index is 0.0478. The van der Waals surface area contributed by atoms with Crippen LogP contribution in [0.3, 0.4) is 0 Å². The van der Waals surface area contributed by atoms with E-state index in [1.807, 2.05) is 20.8 Å². The lowest BCUT2D eigenvalue weighted by molar-refractivity contribution is 0.0697. The van der Waals surface area contributed by atoms with Crippen molar-refractivity contribution in [1.82, 2.24) is 0 Å². The standard InChI is InChI=1S/C18H21NO5S/c1-11(2)15-10-17(16(24-4)9-12(15)3)25(22,23)19-14-7-5-13(6-8-14)18(20)21/h5-11,19H,1-4H3,(H,20,21). The van der Waals surface area contributed by atoms with Crippen molar-refractivity contribution in [2.75, 3.05) is 11.8 Å². The number of benzene rings is 2. The summed E-state index contributed by atoms with van der Waals surface area (Å²) < 4.78 is 33.3. The molecule has 0 bridgehead atoms. The molecule has 0 saturated heterocycles. The van der Waals surface area contributed by atoms with E-state index >= 15 is 0 Å². The van der Waals surface area contributed by atoms with Crippen LogP contribution in [0.15, 0.2) is 41.3 Å². The van der Waals surface area contributed by atoms with Gasteiger partial charge in [-0.2, -0.15) is 0 Å². The second-order valence-corrected chi connectivity index (χ2v) is 7.65. The lowest BCUT2D eigenvalue weighted by atomic mass is 9.98. The highest BCUT2D eigenvalue weighted by Gasteiger charge is 2.22. The normalized spacial score (nSPS) is 11.4. The number of carboxylic acid groups (broad SMARTS) is 1. The number of nitrogens with one attached hydrogen (secondary N) is 1. The largest absolute Gasteiger partial charge is 0.495 e. The Morgan fingerprint density at radius 1 is 1.16 bits per heavy atom. The molecule has 2 aromatic carbocycles. The molecule has 25 heavy (non-hydrogen) atoms. The molecule has 0 fully saturated rings. The molecule has 0 unspecified atom stereocenters. The summed E-state index contributed by atoms with van der Waals surface area (Å²) in [4.78, 5) is 10.9. The fourth-order valence-electron chi connectivity index (χ4n) is 2.56. The van der Waals surface area contributed by atoms with Crippen LogP contribution in [0.2, 0.25) is 0 Å². The Hall–Kier alpha value is -2.54. The van der Waals surface area contributed by atoms with Crippen molar-refractivity contribution in [3.63, 3.8) is 0 Å². The molecule has 7 heteroatoms. The number of anilines is 1. The Balaban J connectivity index is 2.44. The van der Waals surface area contributed by atoms with E-state index in [2.05, 4.69) is 4.72 Å². The SMILES string of the molecule is COc1cc(C)c(C(C)C)cc1S(=O)(=O)Nc1ccc(C(=O)O)cc1. The summed E-state index contributed by atoms with van der Waals surface area (Å²) in [5, 5.41) is 8.91. The van der Waals surface area contributed by atoms with Crippen LogP contribution in [0, 0.1) is 6.92 Å². The van der Waals surface area contributed by atoms with Crippen LogP contribution in [-0.2, 0) is 10.0 Å². The van der Waals surface area contributed by atoms with Gasteiger partial charge in [-0.25, -0.2) is 13.2 Å². The van der Waals surface area contributed by atoms with Gasteiger partial charge in [-0.15, -0.1) is 0 Å². The van der Waals surface area contributed by atoms with E-state index in [0.29, 0.717) is 0 Å². The van der Waals surface area contributed by atoms with Crippen LogP contribution in [-0.4, -0.2) is 26.6 Å². The highest BCUT2D eigenvalue weighted by molar-refractivity contribution is 7.92. The maximum atomic E-state index is 12.8. The fourth-order valence-corrected chi connectivity index (χ4v) is 3.81.